The molecule has 3 aromatic heterocycles. The number of fused-ring (bicyclic) bond motifs is 2. The lowest BCUT2D eigenvalue weighted by atomic mass is 10.1. The van der Waals surface area contributed by atoms with Crippen LogP contribution in [0.3, 0.4) is 0 Å². The van der Waals surface area contributed by atoms with E-state index in [-0.39, 0.29) is 5.56 Å². The number of hydrogen-bond donors (Lipinski definition) is 0. The van der Waals surface area contributed by atoms with Gasteiger partial charge in [-0.15, -0.1) is 0 Å². The Kier molecular flexibility index (Phi) is 4.44. The van der Waals surface area contributed by atoms with Crippen molar-refractivity contribution >= 4 is 28.3 Å². The third-order valence-electron chi connectivity index (χ3n) is 5.00. The zero-order valence-electron chi connectivity index (χ0n) is 16.0. The lowest BCUT2D eigenvalue weighted by Gasteiger charge is -2.13. The van der Waals surface area contributed by atoms with Crippen LogP contribution in [0.5, 0.6) is 5.75 Å². The molecule has 5 aromatic rings. The Morgan fingerprint density at radius 2 is 1.87 bits per heavy atom. The molecule has 7 nitrogen and oxygen atoms in total. The lowest BCUT2D eigenvalue weighted by Crippen LogP contribution is -2.22. The zero-order valence-corrected chi connectivity index (χ0v) is 16.7. The summed E-state index contributed by atoms with van der Waals surface area (Å²) in [5.74, 6) is 1.12. The van der Waals surface area contributed by atoms with Crippen molar-refractivity contribution < 1.29 is 4.74 Å². The van der Waals surface area contributed by atoms with Gasteiger partial charge in [0.15, 0.2) is 0 Å². The summed E-state index contributed by atoms with van der Waals surface area (Å²) in [6.45, 7) is 0.357. The second kappa shape index (κ2) is 7.27. The number of pyridine rings is 1. The van der Waals surface area contributed by atoms with Crippen molar-refractivity contribution in [2.24, 2.45) is 0 Å². The van der Waals surface area contributed by atoms with Crippen molar-refractivity contribution in [2.45, 2.75) is 6.54 Å². The molecule has 0 aliphatic heterocycles. The number of nitrogens with zero attached hydrogens (tertiary/aromatic N) is 5. The molecule has 0 fully saturated rings. The van der Waals surface area contributed by atoms with Crippen LogP contribution in [-0.4, -0.2) is 31.3 Å². The highest BCUT2D eigenvalue weighted by atomic mass is 35.5. The minimum absolute atomic E-state index is 0.196. The third kappa shape index (κ3) is 2.91. The van der Waals surface area contributed by atoms with E-state index in [0.717, 1.165) is 11.3 Å². The Labute approximate surface area is 176 Å². The summed E-state index contributed by atoms with van der Waals surface area (Å²) >= 11 is 6.48. The standard InChI is InChI=1S/C22H16ClN5O2/c1-30-18-9-5-2-6-14(18)12-27-11-10-17-19(21(27)29)20(15-7-3-4-8-16(15)23)28-22(26-17)24-13-25-28/h2-11,13H,12H2,1H3. The van der Waals surface area contributed by atoms with E-state index in [1.807, 2.05) is 42.5 Å². The number of methoxy groups -OCH3 is 1. The molecule has 0 saturated heterocycles. The molecule has 0 saturated carbocycles. The molecule has 5 rings (SSSR count). The van der Waals surface area contributed by atoms with Gasteiger partial charge in [0.1, 0.15) is 12.1 Å². The van der Waals surface area contributed by atoms with Gasteiger partial charge in [0, 0.05) is 22.3 Å². The molecule has 0 aliphatic rings. The average Bonchev–Trinajstić information content (AvgIpc) is 3.23. The van der Waals surface area contributed by atoms with Crippen molar-refractivity contribution in [3.63, 3.8) is 0 Å². The van der Waals surface area contributed by atoms with Crippen molar-refractivity contribution in [1.82, 2.24) is 24.1 Å². The highest BCUT2D eigenvalue weighted by Crippen LogP contribution is 2.31. The largest absolute Gasteiger partial charge is 0.496 e. The summed E-state index contributed by atoms with van der Waals surface area (Å²) < 4.78 is 8.62. The fourth-order valence-corrected chi connectivity index (χ4v) is 3.83. The Hall–Kier alpha value is -3.71. The van der Waals surface area contributed by atoms with Crippen LogP contribution in [0.15, 0.2) is 71.9 Å². The molecule has 0 atom stereocenters. The first kappa shape index (κ1) is 18.3. The Morgan fingerprint density at radius 1 is 1.07 bits per heavy atom. The molecule has 148 valence electrons. The number of benzene rings is 2. The van der Waals surface area contributed by atoms with Crippen molar-refractivity contribution in [2.75, 3.05) is 7.11 Å². The zero-order chi connectivity index (χ0) is 20.7. The van der Waals surface area contributed by atoms with Crippen LogP contribution in [0.1, 0.15) is 5.56 Å². The first-order valence-corrected chi connectivity index (χ1v) is 9.65. The number of halogens is 1. The Morgan fingerprint density at radius 3 is 2.70 bits per heavy atom. The third-order valence-corrected chi connectivity index (χ3v) is 5.33. The SMILES string of the molecule is COc1ccccc1Cn1ccc2nc3ncnn3c(-c3ccccc3Cl)c2c1=O. The van der Waals surface area contributed by atoms with Gasteiger partial charge in [-0.05, 0) is 18.2 Å². The number of rotatable bonds is 4. The van der Waals surface area contributed by atoms with Crippen LogP contribution in [0.2, 0.25) is 5.02 Å². The van der Waals surface area contributed by atoms with Gasteiger partial charge in [-0.2, -0.15) is 14.6 Å². The van der Waals surface area contributed by atoms with Gasteiger partial charge in [-0.25, -0.2) is 4.98 Å². The van der Waals surface area contributed by atoms with Gasteiger partial charge in [0.25, 0.3) is 11.3 Å². The maximum atomic E-state index is 13.6. The van der Waals surface area contributed by atoms with Gasteiger partial charge in [-0.3, -0.25) is 4.79 Å². The lowest BCUT2D eigenvalue weighted by molar-refractivity contribution is 0.408. The molecule has 2 aromatic carbocycles. The Balaban J connectivity index is 1.81. The van der Waals surface area contributed by atoms with Crippen LogP contribution < -0.4 is 10.3 Å². The number of ether oxygens (including phenoxy) is 1. The molecule has 0 unspecified atom stereocenters. The van der Waals surface area contributed by atoms with Crippen molar-refractivity contribution in [1.29, 1.82) is 0 Å². The fourth-order valence-electron chi connectivity index (χ4n) is 3.61. The van der Waals surface area contributed by atoms with Crippen LogP contribution in [0.4, 0.5) is 0 Å². The van der Waals surface area contributed by atoms with Gasteiger partial charge < -0.3 is 9.30 Å². The van der Waals surface area contributed by atoms with E-state index in [4.69, 9.17) is 16.3 Å². The van der Waals surface area contributed by atoms with Crippen LogP contribution in [-0.2, 0) is 6.54 Å². The summed E-state index contributed by atoms with van der Waals surface area (Å²) in [5.41, 5.74) is 2.49. The molecule has 0 spiro atoms. The van der Waals surface area contributed by atoms with Crippen molar-refractivity contribution in [3.8, 4) is 17.0 Å². The van der Waals surface area contributed by atoms with Gasteiger partial charge in [0.05, 0.1) is 30.3 Å². The Bertz CT molecular complexity index is 1460. The van der Waals surface area contributed by atoms with Gasteiger partial charge in [-0.1, -0.05) is 48.0 Å². The van der Waals surface area contributed by atoms with Crippen LogP contribution >= 0.6 is 11.6 Å². The van der Waals surface area contributed by atoms with Gasteiger partial charge >= 0.3 is 0 Å². The first-order chi connectivity index (χ1) is 14.7. The molecular weight excluding hydrogens is 402 g/mol. The van der Waals surface area contributed by atoms with Gasteiger partial charge in [0.2, 0.25) is 0 Å². The molecule has 8 heteroatoms. The topological polar surface area (TPSA) is 74.3 Å². The minimum atomic E-state index is -0.196. The second-order valence-electron chi connectivity index (χ2n) is 6.73. The summed E-state index contributed by atoms with van der Waals surface area (Å²) in [6.07, 6.45) is 3.14. The molecule has 0 radical (unpaired) electrons. The van der Waals surface area contributed by atoms with E-state index in [2.05, 4.69) is 15.1 Å². The van der Waals surface area contributed by atoms with E-state index < -0.39 is 0 Å². The highest BCUT2D eigenvalue weighted by Gasteiger charge is 2.19. The normalized spacial score (nSPS) is 11.3. The smallest absolute Gasteiger partial charge is 0.262 e. The quantitative estimate of drug-likeness (QED) is 0.444. The average molecular weight is 418 g/mol. The number of para-hydroxylation sites is 1. The molecule has 3 heterocycles. The molecule has 0 N–H and O–H groups in total. The van der Waals surface area contributed by atoms with E-state index in [1.165, 1.54) is 6.33 Å². The molecule has 0 bridgehead atoms. The number of hydrogen-bond acceptors (Lipinski definition) is 5. The highest BCUT2D eigenvalue weighted by molar-refractivity contribution is 6.33. The second-order valence-corrected chi connectivity index (χ2v) is 7.14. The minimum Gasteiger partial charge on any atom is -0.496 e. The summed E-state index contributed by atoms with van der Waals surface area (Å²) in [4.78, 5) is 22.3. The van der Waals surface area contributed by atoms with Crippen LogP contribution in [0, 0.1) is 0 Å². The predicted octanol–water partition coefficient (Wildman–Crippen LogP) is 3.82. The predicted molar refractivity (Wildman–Crippen MR) is 115 cm³/mol. The van der Waals surface area contributed by atoms with Crippen molar-refractivity contribution in [3.05, 3.63) is 88.1 Å². The summed E-state index contributed by atoms with van der Waals surface area (Å²) in [6, 6.07) is 16.8. The fraction of sp³-hybridized carbons (Fsp3) is 0.0909. The van der Waals surface area contributed by atoms with E-state index in [1.54, 1.807) is 34.5 Å². The van der Waals surface area contributed by atoms with E-state index in [9.17, 15) is 4.79 Å². The molecule has 0 amide bonds. The van der Waals surface area contributed by atoms with E-state index in [0.29, 0.717) is 39.5 Å². The van der Waals surface area contributed by atoms with Crippen LogP contribution in [0.25, 0.3) is 27.9 Å². The maximum Gasteiger partial charge on any atom is 0.262 e. The number of aromatic nitrogens is 5. The first-order valence-electron chi connectivity index (χ1n) is 9.27. The van der Waals surface area contributed by atoms with E-state index >= 15 is 0 Å². The monoisotopic (exact) mass is 417 g/mol. The molecule has 30 heavy (non-hydrogen) atoms. The maximum absolute atomic E-state index is 13.6. The summed E-state index contributed by atoms with van der Waals surface area (Å²) in [7, 11) is 1.61. The molecule has 0 aliphatic carbocycles. The summed E-state index contributed by atoms with van der Waals surface area (Å²) in [5, 5.41) is 5.23. The molecular formula is C22H16ClN5O2.